The fraction of sp³-hybridized carbons (Fsp3) is 1.00. The fourth-order valence-electron chi connectivity index (χ4n) is 1.33. The van der Waals surface area contributed by atoms with E-state index >= 15 is 0 Å². The summed E-state index contributed by atoms with van der Waals surface area (Å²) in [4.78, 5) is 0. The van der Waals surface area contributed by atoms with E-state index in [0.717, 1.165) is 26.1 Å². The molecule has 0 aliphatic carbocycles. The Bertz CT molecular complexity index is 169. The summed E-state index contributed by atoms with van der Waals surface area (Å²) in [6, 6.07) is 0. The minimum atomic E-state index is -0.0836. The lowest BCUT2D eigenvalue weighted by molar-refractivity contribution is -0.0362. The van der Waals surface area contributed by atoms with Crippen molar-refractivity contribution in [3.63, 3.8) is 0 Å². The van der Waals surface area contributed by atoms with Crippen molar-refractivity contribution < 1.29 is 9.47 Å². The molecule has 3 nitrogen and oxygen atoms in total. The molecule has 0 aromatic rings. The lowest BCUT2D eigenvalue weighted by atomic mass is 10.1. The maximum absolute atomic E-state index is 5.90. The van der Waals surface area contributed by atoms with Gasteiger partial charge in [0, 0.05) is 20.3 Å². The van der Waals surface area contributed by atoms with Crippen molar-refractivity contribution in [1.29, 1.82) is 0 Å². The molecule has 0 fully saturated rings. The molecule has 0 aromatic carbocycles. The van der Waals surface area contributed by atoms with E-state index in [-0.39, 0.29) is 5.60 Å². The van der Waals surface area contributed by atoms with Gasteiger partial charge in [0.05, 0.1) is 11.7 Å². The van der Waals surface area contributed by atoms with Gasteiger partial charge in [-0.05, 0) is 32.7 Å². The summed E-state index contributed by atoms with van der Waals surface area (Å²) in [6.07, 6.45) is 1.23. The first kappa shape index (κ1) is 15.9. The van der Waals surface area contributed by atoms with Crippen LogP contribution in [0.25, 0.3) is 0 Å². The van der Waals surface area contributed by atoms with E-state index in [1.54, 1.807) is 7.11 Å². The van der Waals surface area contributed by atoms with Crippen molar-refractivity contribution in [2.24, 2.45) is 5.92 Å². The van der Waals surface area contributed by atoms with Crippen molar-refractivity contribution in [2.45, 2.75) is 52.7 Å². The lowest BCUT2D eigenvalue weighted by Gasteiger charge is -2.26. The molecule has 0 radical (unpaired) electrons. The van der Waals surface area contributed by atoms with E-state index in [0.29, 0.717) is 12.0 Å². The molecule has 98 valence electrons. The van der Waals surface area contributed by atoms with Crippen LogP contribution in [0, 0.1) is 5.92 Å². The van der Waals surface area contributed by atoms with Gasteiger partial charge < -0.3 is 14.8 Å². The van der Waals surface area contributed by atoms with Crippen LogP contribution in [-0.4, -0.2) is 38.5 Å². The molecule has 1 N–H and O–H groups in total. The first-order valence-corrected chi connectivity index (χ1v) is 6.30. The number of hydrogen-bond donors (Lipinski definition) is 1. The van der Waals surface area contributed by atoms with Crippen molar-refractivity contribution in [3.8, 4) is 0 Å². The topological polar surface area (TPSA) is 30.5 Å². The van der Waals surface area contributed by atoms with Gasteiger partial charge in [-0.2, -0.15) is 0 Å². The monoisotopic (exact) mass is 231 g/mol. The zero-order chi connectivity index (χ0) is 12.6. The number of nitrogens with one attached hydrogen (secondary N) is 1. The summed E-state index contributed by atoms with van der Waals surface area (Å²) in [6.45, 7) is 13.4. The Labute approximate surface area is 101 Å². The second-order valence-corrected chi connectivity index (χ2v) is 5.17. The third-order valence-corrected chi connectivity index (χ3v) is 2.93. The maximum atomic E-state index is 5.90. The molecule has 1 atom stereocenters. The summed E-state index contributed by atoms with van der Waals surface area (Å²) in [5.41, 5.74) is -0.0836. The predicted octanol–water partition coefficient (Wildman–Crippen LogP) is 2.45. The molecule has 0 aliphatic heterocycles. The standard InChI is InChI=1S/C13H29NO2/c1-7-14-10-12(11(2)3)16-9-8-13(4,5)15-6/h11-12,14H,7-10H2,1-6H3. The number of hydrogen-bond acceptors (Lipinski definition) is 3. The van der Waals surface area contributed by atoms with Gasteiger partial charge in [-0.25, -0.2) is 0 Å². The van der Waals surface area contributed by atoms with E-state index in [2.05, 4.69) is 39.9 Å². The lowest BCUT2D eigenvalue weighted by Crippen LogP contribution is -2.34. The smallest absolute Gasteiger partial charge is 0.0722 e. The molecule has 3 heteroatoms. The molecule has 0 rings (SSSR count). The average Bonchev–Trinajstić information content (AvgIpc) is 2.22. The molecule has 0 amide bonds. The first-order chi connectivity index (χ1) is 7.43. The minimum absolute atomic E-state index is 0.0836. The highest BCUT2D eigenvalue weighted by Crippen LogP contribution is 2.14. The van der Waals surface area contributed by atoms with Gasteiger partial charge in [0.1, 0.15) is 0 Å². The number of likely N-dealkylation sites (N-methyl/N-ethyl adjacent to an activating group) is 1. The summed E-state index contributed by atoms with van der Waals surface area (Å²) >= 11 is 0. The van der Waals surface area contributed by atoms with Gasteiger partial charge in [-0.1, -0.05) is 20.8 Å². The Kier molecular flexibility index (Phi) is 7.98. The number of ether oxygens (including phenoxy) is 2. The van der Waals surface area contributed by atoms with Gasteiger partial charge in [0.2, 0.25) is 0 Å². The Morgan fingerprint density at radius 3 is 2.31 bits per heavy atom. The zero-order valence-corrected chi connectivity index (χ0v) is 11.8. The highest BCUT2D eigenvalue weighted by Gasteiger charge is 2.18. The summed E-state index contributed by atoms with van der Waals surface area (Å²) < 4.78 is 11.3. The second-order valence-electron chi connectivity index (χ2n) is 5.17. The predicted molar refractivity (Wildman–Crippen MR) is 68.8 cm³/mol. The molecule has 0 heterocycles. The molecular formula is C13H29NO2. The van der Waals surface area contributed by atoms with E-state index in [9.17, 15) is 0 Å². The van der Waals surface area contributed by atoms with Crippen LogP contribution in [0.5, 0.6) is 0 Å². The number of methoxy groups -OCH3 is 1. The Morgan fingerprint density at radius 1 is 1.25 bits per heavy atom. The van der Waals surface area contributed by atoms with Gasteiger partial charge in [-0.15, -0.1) is 0 Å². The van der Waals surface area contributed by atoms with Crippen LogP contribution in [0.1, 0.15) is 41.0 Å². The Hall–Kier alpha value is -0.120. The quantitative estimate of drug-likeness (QED) is 0.661. The number of rotatable bonds is 9. The molecule has 0 saturated heterocycles. The van der Waals surface area contributed by atoms with Crippen LogP contribution in [0.15, 0.2) is 0 Å². The third kappa shape index (κ3) is 7.20. The fourth-order valence-corrected chi connectivity index (χ4v) is 1.33. The molecule has 1 unspecified atom stereocenters. The van der Waals surface area contributed by atoms with Gasteiger partial charge in [-0.3, -0.25) is 0 Å². The molecule has 0 aliphatic rings. The summed E-state index contributed by atoms with van der Waals surface area (Å²) in [7, 11) is 1.75. The molecule has 0 bridgehead atoms. The third-order valence-electron chi connectivity index (χ3n) is 2.93. The molecule has 0 spiro atoms. The van der Waals surface area contributed by atoms with Crippen LogP contribution >= 0.6 is 0 Å². The molecule has 0 saturated carbocycles. The Morgan fingerprint density at radius 2 is 1.88 bits per heavy atom. The van der Waals surface area contributed by atoms with Gasteiger partial charge in [0.25, 0.3) is 0 Å². The SMILES string of the molecule is CCNCC(OCCC(C)(C)OC)C(C)C. The summed E-state index contributed by atoms with van der Waals surface area (Å²) in [5.74, 6) is 0.546. The average molecular weight is 231 g/mol. The van der Waals surface area contributed by atoms with Crippen LogP contribution < -0.4 is 5.32 Å². The Balaban J connectivity index is 3.84. The normalized spacial score (nSPS) is 14.4. The van der Waals surface area contributed by atoms with E-state index in [4.69, 9.17) is 9.47 Å². The highest BCUT2D eigenvalue weighted by atomic mass is 16.5. The zero-order valence-electron chi connectivity index (χ0n) is 11.8. The maximum Gasteiger partial charge on any atom is 0.0722 e. The van der Waals surface area contributed by atoms with Crippen molar-refractivity contribution >= 4 is 0 Å². The van der Waals surface area contributed by atoms with E-state index in [1.165, 1.54) is 0 Å². The molecular weight excluding hydrogens is 202 g/mol. The van der Waals surface area contributed by atoms with Crippen LogP contribution in [0.3, 0.4) is 0 Å². The molecule has 16 heavy (non-hydrogen) atoms. The summed E-state index contributed by atoms with van der Waals surface area (Å²) in [5, 5.41) is 3.34. The van der Waals surface area contributed by atoms with Crippen LogP contribution in [0.4, 0.5) is 0 Å². The largest absolute Gasteiger partial charge is 0.379 e. The van der Waals surface area contributed by atoms with Crippen LogP contribution in [0.2, 0.25) is 0 Å². The van der Waals surface area contributed by atoms with Gasteiger partial charge in [0.15, 0.2) is 0 Å². The van der Waals surface area contributed by atoms with Crippen molar-refractivity contribution in [1.82, 2.24) is 5.32 Å². The van der Waals surface area contributed by atoms with Crippen LogP contribution in [-0.2, 0) is 9.47 Å². The first-order valence-electron chi connectivity index (χ1n) is 6.30. The van der Waals surface area contributed by atoms with Crippen molar-refractivity contribution in [2.75, 3.05) is 26.8 Å². The van der Waals surface area contributed by atoms with E-state index in [1.807, 2.05) is 0 Å². The van der Waals surface area contributed by atoms with Gasteiger partial charge >= 0.3 is 0 Å². The van der Waals surface area contributed by atoms with E-state index < -0.39 is 0 Å². The second kappa shape index (κ2) is 8.04. The minimum Gasteiger partial charge on any atom is -0.379 e. The highest BCUT2D eigenvalue weighted by molar-refractivity contribution is 4.69. The van der Waals surface area contributed by atoms with Crippen molar-refractivity contribution in [3.05, 3.63) is 0 Å². The molecule has 0 aromatic heterocycles.